The first kappa shape index (κ1) is 10.1. The van der Waals surface area contributed by atoms with E-state index in [0.717, 1.165) is 11.0 Å². The van der Waals surface area contributed by atoms with Gasteiger partial charge in [0.15, 0.2) is 0 Å². The standard InChI is InChI=1S/C13H17NO/c1-13(2,3)14(4)11-5-6-12-10(9-11)7-8-15-12/h5-9H,1-4H3. The van der Waals surface area contributed by atoms with Crippen molar-refractivity contribution >= 4 is 16.7 Å². The summed E-state index contributed by atoms with van der Waals surface area (Å²) in [5.74, 6) is 0. The highest BCUT2D eigenvalue weighted by Gasteiger charge is 2.17. The molecule has 0 spiro atoms. The first-order valence-corrected chi connectivity index (χ1v) is 5.19. The molecule has 1 aromatic heterocycles. The van der Waals surface area contributed by atoms with Crippen molar-refractivity contribution in [3.8, 4) is 0 Å². The van der Waals surface area contributed by atoms with Crippen molar-refractivity contribution in [2.45, 2.75) is 26.3 Å². The molecule has 0 aliphatic heterocycles. The third-order valence-electron chi connectivity index (χ3n) is 2.83. The maximum Gasteiger partial charge on any atom is 0.133 e. The normalized spacial score (nSPS) is 12.0. The smallest absolute Gasteiger partial charge is 0.133 e. The van der Waals surface area contributed by atoms with Crippen LogP contribution in [0.1, 0.15) is 20.8 Å². The Hall–Kier alpha value is -1.44. The zero-order valence-corrected chi connectivity index (χ0v) is 9.74. The van der Waals surface area contributed by atoms with E-state index in [2.05, 4.69) is 44.9 Å². The molecule has 0 fully saturated rings. The second-order valence-electron chi connectivity index (χ2n) is 4.87. The van der Waals surface area contributed by atoms with Gasteiger partial charge >= 0.3 is 0 Å². The lowest BCUT2D eigenvalue weighted by Crippen LogP contribution is -2.37. The molecule has 0 aliphatic rings. The van der Waals surface area contributed by atoms with Crippen LogP contribution in [0.25, 0.3) is 11.0 Å². The SMILES string of the molecule is CN(c1ccc2occc2c1)C(C)(C)C. The van der Waals surface area contributed by atoms with Crippen LogP contribution in [0, 0.1) is 0 Å². The molecule has 2 nitrogen and oxygen atoms in total. The van der Waals surface area contributed by atoms with Crippen LogP contribution < -0.4 is 4.90 Å². The fraction of sp³-hybridized carbons (Fsp3) is 0.385. The first-order valence-electron chi connectivity index (χ1n) is 5.19. The molecule has 2 aromatic rings. The molecule has 1 aromatic carbocycles. The number of hydrogen-bond donors (Lipinski definition) is 0. The van der Waals surface area contributed by atoms with Crippen LogP contribution >= 0.6 is 0 Å². The Kier molecular flexibility index (Phi) is 2.22. The number of benzene rings is 1. The Labute approximate surface area is 90.5 Å². The molecule has 15 heavy (non-hydrogen) atoms. The Balaban J connectivity index is 2.44. The lowest BCUT2D eigenvalue weighted by atomic mass is 10.1. The van der Waals surface area contributed by atoms with E-state index < -0.39 is 0 Å². The first-order chi connectivity index (χ1) is 6.98. The quantitative estimate of drug-likeness (QED) is 0.703. The topological polar surface area (TPSA) is 16.4 Å². The molecule has 1 heterocycles. The zero-order valence-electron chi connectivity index (χ0n) is 9.74. The fourth-order valence-electron chi connectivity index (χ4n) is 1.55. The second kappa shape index (κ2) is 3.30. The van der Waals surface area contributed by atoms with E-state index in [-0.39, 0.29) is 5.54 Å². The monoisotopic (exact) mass is 203 g/mol. The Morgan fingerprint density at radius 2 is 1.87 bits per heavy atom. The molecule has 0 N–H and O–H groups in total. The minimum Gasteiger partial charge on any atom is -0.464 e. The third-order valence-corrected chi connectivity index (χ3v) is 2.83. The maximum absolute atomic E-state index is 5.32. The molecule has 0 saturated carbocycles. The summed E-state index contributed by atoms with van der Waals surface area (Å²) in [6.45, 7) is 6.60. The van der Waals surface area contributed by atoms with Crippen molar-refractivity contribution in [3.05, 3.63) is 30.5 Å². The summed E-state index contributed by atoms with van der Waals surface area (Å²) in [7, 11) is 2.11. The minimum absolute atomic E-state index is 0.136. The number of rotatable bonds is 1. The van der Waals surface area contributed by atoms with Gasteiger partial charge in [-0.1, -0.05) is 0 Å². The van der Waals surface area contributed by atoms with Crippen LogP contribution in [0.4, 0.5) is 5.69 Å². The summed E-state index contributed by atoms with van der Waals surface area (Å²) in [5.41, 5.74) is 2.30. The van der Waals surface area contributed by atoms with Crippen molar-refractivity contribution in [2.24, 2.45) is 0 Å². The molecule has 0 radical (unpaired) electrons. The van der Waals surface area contributed by atoms with E-state index in [1.165, 1.54) is 5.69 Å². The van der Waals surface area contributed by atoms with E-state index in [4.69, 9.17) is 4.42 Å². The number of hydrogen-bond acceptors (Lipinski definition) is 2. The Morgan fingerprint density at radius 3 is 2.53 bits per heavy atom. The van der Waals surface area contributed by atoms with E-state index in [1.54, 1.807) is 6.26 Å². The van der Waals surface area contributed by atoms with Gasteiger partial charge in [0, 0.05) is 23.7 Å². The molecule has 0 unspecified atom stereocenters. The fourth-order valence-corrected chi connectivity index (χ4v) is 1.55. The Morgan fingerprint density at radius 1 is 1.13 bits per heavy atom. The van der Waals surface area contributed by atoms with Crippen molar-refractivity contribution in [2.75, 3.05) is 11.9 Å². The lowest BCUT2D eigenvalue weighted by Gasteiger charge is -2.34. The van der Waals surface area contributed by atoms with Crippen LogP contribution in [0.15, 0.2) is 34.9 Å². The number of fused-ring (bicyclic) bond motifs is 1. The van der Waals surface area contributed by atoms with Crippen LogP contribution in [0.2, 0.25) is 0 Å². The molecule has 0 bridgehead atoms. The lowest BCUT2D eigenvalue weighted by molar-refractivity contribution is 0.539. The van der Waals surface area contributed by atoms with Crippen LogP contribution in [-0.2, 0) is 0 Å². The summed E-state index contributed by atoms with van der Waals surface area (Å²) in [5, 5.41) is 1.16. The molecular formula is C13H17NO. The van der Waals surface area contributed by atoms with Gasteiger partial charge < -0.3 is 9.32 Å². The van der Waals surface area contributed by atoms with Crippen molar-refractivity contribution < 1.29 is 4.42 Å². The summed E-state index contributed by atoms with van der Waals surface area (Å²) < 4.78 is 5.32. The van der Waals surface area contributed by atoms with Crippen molar-refractivity contribution in [1.82, 2.24) is 0 Å². The van der Waals surface area contributed by atoms with Gasteiger partial charge in [0.25, 0.3) is 0 Å². The summed E-state index contributed by atoms with van der Waals surface area (Å²) >= 11 is 0. The van der Waals surface area contributed by atoms with Gasteiger partial charge in [0.05, 0.1) is 6.26 Å². The van der Waals surface area contributed by atoms with E-state index in [0.29, 0.717) is 0 Å². The third kappa shape index (κ3) is 1.84. The number of nitrogens with zero attached hydrogens (tertiary/aromatic N) is 1. The maximum atomic E-state index is 5.32. The predicted molar refractivity (Wildman–Crippen MR) is 64.4 cm³/mol. The summed E-state index contributed by atoms with van der Waals surface area (Å²) in [6.07, 6.45) is 1.73. The van der Waals surface area contributed by atoms with Gasteiger partial charge in [-0.2, -0.15) is 0 Å². The molecule has 2 heteroatoms. The van der Waals surface area contributed by atoms with Crippen LogP contribution in [-0.4, -0.2) is 12.6 Å². The van der Waals surface area contributed by atoms with Gasteiger partial charge in [-0.3, -0.25) is 0 Å². The van der Waals surface area contributed by atoms with Gasteiger partial charge in [-0.05, 0) is 45.0 Å². The molecule has 2 rings (SSSR count). The Bertz CT molecular complexity index is 465. The molecular weight excluding hydrogens is 186 g/mol. The predicted octanol–water partition coefficient (Wildman–Crippen LogP) is 3.67. The van der Waals surface area contributed by atoms with E-state index in [1.807, 2.05) is 12.1 Å². The van der Waals surface area contributed by atoms with Crippen molar-refractivity contribution in [3.63, 3.8) is 0 Å². The van der Waals surface area contributed by atoms with Gasteiger partial charge in [-0.15, -0.1) is 0 Å². The largest absolute Gasteiger partial charge is 0.464 e. The van der Waals surface area contributed by atoms with E-state index in [9.17, 15) is 0 Å². The summed E-state index contributed by atoms with van der Waals surface area (Å²) in [4.78, 5) is 2.26. The highest BCUT2D eigenvalue weighted by atomic mass is 16.3. The highest BCUT2D eigenvalue weighted by molar-refractivity contribution is 5.81. The minimum atomic E-state index is 0.136. The molecule has 0 atom stereocenters. The number of anilines is 1. The van der Waals surface area contributed by atoms with Crippen LogP contribution in [0.5, 0.6) is 0 Å². The van der Waals surface area contributed by atoms with Crippen molar-refractivity contribution in [1.29, 1.82) is 0 Å². The molecule has 0 aliphatic carbocycles. The summed E-state index contributed by atoms with van der Waals surface area (Å²) in [6, 6.07) is 8.27. The van der Waals surface area contributed by atoms with Gasteiger partial charge in [0.1, 0.15) is 5.58 Å². The average Bonchev–Trinajstić information content (AvgIpc) is 2.61. The molecule has 0 saturated heterocycles. The van der Waals surface area contributed by atoms with Gasteiger partial charge in [-0.25, -0.2) is 0 Å². The zero-order chi connectivity index (χ0) is 11.1. The van der Waals surface area contributed by atoms with Gasteiger partial charge in [0.2, 0.25) is 0 Å². The van der Waals surface area contributed by atoms with E-state index >= 15 is 0 Å². The molecule has 80 valence electrons. The number of furan rings is 1. The average molecular weight is 203 g/mol. The van der Waals surface area contributed by atoms with Crippen LogP contribution in [0.3, 0.4) is 0 Å². The second-order valence-corrected chi connectivity index (χ2v) is 4.87. The molecule has 0 amide bonds. The highest BCUT2D eigenvalue weighted by Crippen LogP contribution is 2.26.